The number of nitrogens with zero attached hydrogens (tertiary/aromatic N) is 2. The number of carbonyl (C=O) groups excluding carboxylic acids is 1. The summed E-state index contributed by atoms with van der Waals surface area (Å²) in [6.07, 6.45) is 1.45. The molecule has 0 saturated heterocycles. The number of hydrogen-bond acceptors (Lipinski definition) is 3. The van der Waals surface area contributed by atoms with Gasteiger partial charge >= 0.3 is 0 Å². The molecule has 0 saturated carbocycles. The van der Waals surface area contributed by atoms with Crippen LogP contribution < -0.4 is 5.32 Å². The highest BCUT2D eigenvalue weighted by Crippen LogP contribution is 2.23. The van der Waals surface area contributed by atoms with Crippen LogP contribution in [0.4, 0.5) is 5.69 Å². The van der Waals surface area contributed by atoms with Crippen molar-refractivity contribution in [1.82, 2.24) is 10.2 Å². The summed E-state index contributed by atoms with van der Waals surface area (Å²) in [6.45, 7) is 1.75. The van der Waals surface area contributed by atoms with Crippen LogP contribution in [-0.4, -0.2) is 16.1 Å². The predicted octanol–water partition coefficient (Wildman–Crippen LogP) is 2.50. The standard InChI is InChI=1S/C12H9ClN4O/c1-7-9(6-15-17-7)12(18)16-11-3-2-8(5-14)4-10(11)13/h2-4,6H,1H3,(H,15,17)(H,16,18). The highest BCUT2D eigenvalue weighted by atomic mass is 35.5. The summed E-state index contributed by atoms with van der Waals surface area (Å²) >= 11 is 5.96. The lowest BCUT2D eigenvalue weighted by atomic mass is 10.2. The van der Waals surface area contributed by atoms with Gasteiger partial charge in [-0.05, 0) is 25.1 Å². The van der Waals surface area contributed by atoms with E-state index in [0.717, 1.165) is 0 Å². The van der Waals surface area contributed by atoms with Crippen LogP contribution in [0.15, 0.2) is 24.4 Å². The smallest absolute Gasteiger partial charge is 0.259 e. The number of carbonyl (C=O) groups is 1. The SMILES string of the molecule is Cc1[nH]ncc1C(=O)Nc1ccc(C#N)cc1Cl. The van der Waals surface area contributed by atoms with Gasteiger partial charge in [-0.3, -0.25) is 9.89 Å². The molecule has 6 heteroatoms. The van der Waals surface area contributed by atoms with Crippen LogP contribution in [0, 0.1) is 18.3 Å². The van der Waals surface area contributed by atoms with Gasteiger partial charge in [-0.25, -0.2) is 0 Å². The van der Waals surface area contributed by atoms with Gasteiger partial charge in [0.2, 0.25) is 0 Å². The Balaban J connectivity index is 2.23. The van der Waals surface area contributed by atoms with Crippen LogP contribution in [-0.2, 0) is 0 Å². The highest BCUT2D eigenvalue weighted by molar-refractivity contribution is 6.34. The Morgan fingerprint density at radius 3 is 2.89 bits per heavy atom. The molecule has 2 rings (SSSR count). The number of hydrogen-bond donors (Lipinski definition) is 2. The van der Waals surface area contributed by atoms with Crippen molar-refractivity contribution in [3.05, 3.63) is 46.2 Å². The van der Waals surface area contributed by atoms with E-state index in [1.165, 1.54) is 12.3 Å². The molecule has 0 aliphatic heterocycles. The highest BCUT2D eigenvalue weighted by Gasteiger charge is 2.12. The molecule has 18 heavy (non-hydrogen) atoms. The quantitative estimate of drug-likeness (QED) is 0.870. The lowest BCUT2D eigenvalue weighted by Crippen LogP contribution is -2.12. The van der Waals surface area contributed by atoms with Crippen LogP contribution in [0.1, 0.15) is 21.6 Å². The Kier molecular flexibility index (Phi) is 3.31. The van der Waals surface area contributed by atoms with Crippen molar-refractivity contribution in [2.45, 2.75) is 6.92 Å². The van der Waals surface area contributed by atoms with E-state index in [-0.39, 0.29) is 5.91 Å². The fourth-order valence-corrected chi connectivity index (χ4v) is 1.68. The van der Waals surface area contributed by atoms with E-state index >= 15 is 0 Å². The second-order valence-corrected chi connectivity index (χ2v) is 4.08. The molecule has 2 N–H and O–H groups in total. The van der Waals surface area contributed by atoms with Crippen molar-refractivity contribution in [2.75, 3.05) is 5.32 Å². The van der Waals surface area contributed by atoms with Crippen molar-refractivity contribution < 1.29 is 4.79 Å². The van der Waals surface area contributed by atoms with Crippen LogP contribution in [0.5, 0.6) is 0 Å². The summed E-state index contributed by atoms with van der Waals surface area (Å²) in [4.78, 5) is 11.9. The molecule has 1 heterocycles. The normalized spacial score (nSPS) is 9.83. The van der Waals surface area contributed by atoms with Crippen LogP contribution in [0.2, 0.25) is 5.02 Å². The zero-order chi connectivity index (χ0) is 13.1. The van der Waals surface area contributed by atoms with Crippen LogP contribution >= 0.6 is 11.6 Å². The summed E-state index contributed by atoms with van der Waals surface area (Å²) in [6, 6.07) is 6.65. The lowest BCUT2D eigenvalue weighted by Gasteiger charge is -2.06. The maximum atomic E-state index is 11.9. The minimum atomic E-state index is -0.298. The topological polar surface area (TPSA) is 81.6 Å². The number of nitrogens with one attached hydrogen (secondary N) is 2. The third-order valence-corrected chi connectivity index (χ3v) is 2.73. The van der Waals surface area contributed by atoms with E-state index in [4.69, 9.17) is 16.9 Å². The largest absolute Gasteiger partial charge is 0.321 e. The summed E-state index contributed by atoms with van der Waals surface area (Å²) in [7, 11) is 0. The number of aromatic amines is 1. The number of H-pyrrole nitrogens is 1. The third kappa shape index (κ3) is 2.34. The number of amides is 1. The predicted molar refractivity (Wildman–Crippen MR) is 67.4 cm³/mol. The molecule has 0 aliphatic carbocycles. The van der Waals surface area contributed by atoms with E-state index in [1.54, 1.807) is 19.1 Å². The molecule has 1 amide bonds. The number of rotatable bonds is 2. The van der Waals surface area contributed by atoms with Crippen molar-refractivity contribution in [3.8, 4) is 6.07 Å². The van der Waals surface area contributed by atoms with E-state index < -0.39 is 0 Å². The van der Waals surface area contributed by atoms with Gasteiger partial charge in [0.05, 0.1) is 34.1 Å². The van der Waals surface area contributed by atoms with Gasteiger partial charge in [0.25, 0.3) is 5.91 Å². The van der Waals surface area contributed by atoms with Gasteiger partial charge in [-0.1, -0.05) is 11.6 Å². The molecule has 0 unspecified atom stereocenters. The van der Waals surface area contributed by atoms with Gasteiger partial charge in [-0.2, -0.15) is 10.4 Å². The van der Waals surface area contributed by atoms with E-state index in [1.807, 2.05) is 6.07 Å². The Bertz CT molecular complexity index is 642. The summed E-state index contributed by atoms with van der Waals surface area (Å²) in [5.74, 6) is -0.298. The van der Waals surface area contributed by atoms with Crippen LogP contribution in [0.3, 0.4) is 0 Å². The van der Waals surface area contributed by atoms with Gasteiger partial charge < -0.3 is 5.32 Å². The van der Waals surface area contributed by atoms with Crippen molar-refractivity contribution in [1.29, 1.82) is 5.26 Å². The Labute approximate surface area is 108 Å². The van der Waals surface area contributed by atoms with Gasteiger partial charge in [0.15, 0.2) is 0 Å². The molecule has 90 valence electrons. The molecule has 0 fully saturated rings. The molecule has 1 aromatic heterocycles. The summed E-state index contributed by atoms with van der Waals surface area (Å²) in [5, 5.41) is 18.2. The second kappa shape index (κ2) is 4.90. The molecule has 0 aliphatic rings. The summed E-state index contributed by atoms with van der Waals surface area (Å²) < 4.78 is 0. The van der Waals surface area contributed by atoms with Gasteiger partial charge in [0, 0.05) is 5.69 Å². The van der Waals surface area contributed by atoms with Crippen molar-refractivity contribution >= 4 is 23.2 Å². The molecule has 1 aromatic carbocycles. The average molecular weight is 261 g/mol. The number of aromatic nitrogens is 2. The minimum absolute atomic E-state index is 0.298. The second-order valence-electron chi connectivity index (χ2n) is 3.67. The zero-order valence-electron chi connectivity index (χ0n) is 9.49. The van der Waals surface area contributed by atoms with Crippen molar-refractivity contribution in [2.24, 2.45) is 0 Å². The van der Waals surface area contributed by atoms with Gasteiger partial charge in [0.1, 0.15) is 0 Å². The fourth-order valence-electron chi connectivity index (χ4n) is 1.46. The first-order chi connectivity index (χ1) is 8.61. The monoisotopic (exact) mass is 260 g/mol. The van der Waals surface area contributed by atoms with Crippen LogP contribution in [0.25, 0.3) is 0 Å². The molecular formula is C12H9ClN4O. The summed E-state index contributed by atoms with van der Waals surface area (Å²) in [5.41, 5.74) is 2.03. The molecule has 5 nitrogen and oxygen atoms in total. The van der Waals surface area contributed by atoms with Gasteiger partial charge in [-0.15, -0.1) is 0 Å². The minimum Gasteiger partial charge on any atom is -0.321 e. The Hall–Kier alpha value is -2.32. The Morgan fingerprint density at radius 1 is 1.56 bits per heavy atom. The van der Waals surface area contributed by atoms with E-state index in [0.29, 0.717) is 27.5 Å². The van der Waals surface area contributed by atoms with Crippen molar-refractivity contribution in [3.63, 3.8) is 0 Å². The first-order valence-electron chi connectivity index (χ1n) is 5.13. The van der Waals surface area contributed by atoms with E-state index in [2.05, 4.69) is 15.5 Å². The fraction of sp³-hybridized carbons (Fsp3) is 0.0833. The maximum absolute atomic E-state index is 11.9. The molecule has 0 atom stereocenters. The Morgan fingerprint density at radius 2 is 2.33 bits per heavy atom. The molecule has 0 bridgehead atoms. The first kappa shape index (κ1) is 12.1. The molecule has 0 spiro atoms. The molecule has 0 radical (unpaired) electrons. The number of nitriles is 1. The average Bonchev–Trinajstić information content (AvgIpc) is 2.78. The number of halogens is 1. The lowest BCUT2D eigenvalue weighted by molar-refractivity contribution is 0.102. The first-order valence-corrected chi connectivity index (χ1v) is 5.50. The maximum Gasteiger partial charge on any atom is 0.259 e. The zero-order valence-corrected chi connectivity index (χ0v) is 10.2. The molecule has 2 aromatic rings. The third-order valence-electron chi connectivity index (χ3n) is 2.42. The number of anilines is 1. The molecular weight excluding hydrogens is 252 g/mol. The van der Waals surface area contributed by atoms with E-state index in [9.17, 15) is 4.79 Å². The number of benzene rings is 1. The number of aryl methyl sites for hydroxylation is 1.